The van der Waals surface area contributed by atoms with E-state index in [0.29, 0.717) is 30.0 Å². The summed E-state index contributed by atoms with van der Waals surface area (Å²) in [7, 11) is 1.59. The number of anilines is 1. The molecule has 0 aliphatic heterocycles. The summed E-state index contributed by atoms with van der Waals surface area (Å²) >= 11 is 0. The van der Waals surface area contributed by atoms with Crippen molar-refractivity contribution in [3.63, 3.8) is 0 Å². The molecule has 0 saturated heterocycles. The van der Waals surface area contributed by atoms with Crippen LogP contribution in [0.4, 0.5) is 10.5 Å². The van der Waals surface area contributed by atoms with E-state index in [9.17, 15) is 9.90 Å². The summed E-state index contributed by atoms with van der Waals surface area (Å²) in [6, 6.07) is 12.8. The topological polar surface area (TPSA) is 106 Å². The minimum Gasteiger partial charge on any atom is -0.497 e. The van der Waals surface area contributed by atoms with Crippen molar-refractivity contribution in [2.45, 2.75) is 38.1 Å². The molecule has 2 aromatic carbocycles. The number of aromatic nitrogens is 2. The number of carbonyl (C=O) groups is 1. The van der Waals surface area contributed by atoms with E-state index in [1.807, 2.05) is 36.4 Å². The Labute approximate surface area is 180 Å². The smallest absolute Gasteiger partial charge is 0.412 e. The van der Waals surface area contributed by atoms with Gasteiger partial charge in [0.05, 0.1) is 25.1 Å². The fourth-order valence-electron chi connectivity index (χ4n) is 3.57. The molecule has 31 heavy (non-hydrogen) atoms. The van der Waals surface area contributed by atoms with Crippen molar-refractivity contribution in [3.8, 4) is 22.6 Å². The zero-order valence-corrected chi connectivity index (χ0v) is 17.2. The number of methoxy groups -OCH3 is 1. The number of amides is 1. The summed E-state index contributed by atoms with van der Waals surface area (Å²) in [4.78, 5) is 12.4. The minimum absolute atomic E-state index is 0.108. The lowest BCUT2D eigenvalue weighted by Crippen LogP contribution is -2.17. The Bertz CT molecular complexity index is 1020. The molecule has 1 aromatic heterocycles. The molecular formula is C23H25N3O5. The van der Waals surface area contributed by atoms with Crippen LogP contribution in [0.1, 0.15) is 24.8 Å². The maximum absolute atomic E-state index is 12.4. The van der Waals surface area contributed by atoms with Crippen LogP contribution in [0.2, 0.25) is 0 Å². The SMILES string of the molecule is COc1cccc(COC(=O)Nc2ccc(-c3cn[nH]c3)cc2OC2CCC(O)C2)c1. The number of hydrogen-bond acceptors (Lipinski definition) is 6. The number of benzene rings is 2. The fourth-order valence-corrected chi connectivity index (χ4v) is 3.57. The number of aromatic amines is 1. The Morgan fingerprint density at radius 3 is 2.87 bits per heavy atom. The Kier molecular flexibility index (Phi) is 6.37. The number of hydrogen-bond donors (Lipinski definition) is 3. The number of rotatable bonds is 7. The van der Waals surface area contributed by atoms with Crippen molar-refractivity contribution in [2.75, 3.05) is 12.4 Å². The molecule has 0 spiro atoms. The molecule has 0 radical (unpaired) electrons. The largest absolute Gasteiger partial charge is 0.497 e. The van der Waals surface area contributed by atoms with Crippen molar-refractivity contribution in [2.24, 2.45) is 0 Å². The van der Waals surface area contributed by atoms with E-state index in [-0.39, 0.29) is 18.8 Å². The van der Waals surface area contributed by atoms with Crippen LogP contribution in [0.15, 0.2) is 54.9 Å². The monoisotopic (exact) mass is 423 g/mol. The van der Waals surface area contributed by atoms with Crippen LogP contribution in [-0.2, 0) is 11.3 Å². The number of aliphatic hydroxyl groups excluding tert-OH is 1. The zero-order valence-electron chi connectivity index (χ0n) is 17.2. The molecule has 8 heteroatoms. The molecule has 1 saturated carbocycles. The summed E-state index contributed by atoms with van der Waals surface area (Å²) in [6.07, 6.45) is 4.48. The highest BCUT2D eigenvalue weighted by molar-refractivity contribution is 5.87. The molecule has 1 fully saturated rings. The van der Waals surface area contributed by atoms with E-state index in [2.05, 4.69) is 15.5 Å². The van der Waals surface area contributed by atoms with Gasteiger partial charge in [-0.25, -0.2) is 4.79 Å². The van der Waals surface area contributed by atoms with Gasteiger partial charge in [0.2, 0.25) is 0 Å². The third kappa shape index (κ3) is 5.35. The molecular weight excluding hydrogens is 398 g/mol. The zero-order chi connectivity index (χ0) is 21.6. The van der Waals surface area contributed by atoms with E-state index in [0.717, 1.165) is 23.1 Å². The summed E-state index contributed by atoms with van der Waals surface area (Å²) in [5, 5.41) is 19.4. The van der Waals surface area contributed by atoms with Gasteiger partial charge in [0.1, 0.15) is 24.2 Å². The third-order valence-electron chi connectivity index (χ3n) is 5.20. The molecule has 1 aliphatic rings. The molecule has 4 rings (SSSR count). The average Bonchev–Trinajstić information content (AvgIpc) is 3.46. The van der Waals surface area contributed by atoms with Gasteiger partial charge in [0.15, 0.2) is 0 Å². The number of nitrogens with zero attached hydrogens (tertiary/aromatic N) is 1. The Balaban J connectivity index is 1.47. The summed E-state index contributed by atoms with van der Waals surface area (Å²) < 4.78 is 16.7. The van der Waals surface area contributed by atoms with E-state index in [1.54, 1.807) is 25.6 Å². The van der Waals surface area contributed by atoms with E-state index < -0.39 is 6.09 Å². The van der Waals surface area contributed by atoms with Crippen molar-refractivity contribution in [3.05, 3.63) is 60.4 Å². The fraction of sp³-hybridized carbons (Fsp3) is 0.304. The maximum Gasteiger partial charge on any atom is 0.412 e. The molecule has 1 amide bonds. The molecule has 8 nitrogen and oxygen atoms in total. The first kappa shape index (κ1) is 20.7. The van der Waals surface area contributed by atoms with Gasteiger partial charge in [-0.2, -0.15) is 5.10 Å². The molecule has 0 bridgehead atoms. The predicted octanol–water partition coefficient (Wildman–Crippen LogP) is 4.13. The lowest BCUT2D eigenvalue weighted by atomic mass is 10.1. The van der Waals surface area contributed by atoms with Gasteiger partial charge in [-0.05, 0) is 48.2 Å². The summed E-state index contributed by atoms with van der Waals surface area (Å²) in [5.41, 5.74) is 3.13. The minimum atomic E-state index is -0.588. The van der Waals surface area contributed by atoms with Gasteiger partial charge in [0, 0.05) is 18.2 Å². The lowest BCUT2D eigenvalue weighted by Gasteiger charge is -2.18. The van der Waals surface area contributed by atoms with Crippen LogP contribution in [0.25, 0.3) is 11.1 Å². The molecule has 162 valence electrons. The molecule has 1 heterocycles. The molecule has 2 atom stereocenters. The third-order valence-corrected chi connectivity index (χ3v) is 5.20. The molecule has 3 N–H and O–H groups in total. The molecule has 3 aromatic rings. The van der Waals surface area contributed by atoms with Gasteiger partial charge < -0.3 is 19.3 Å². The van der Waals surface area contributed by atoms with Gasteiger partial charge in [-0.15, -0.1) is 0 Å². The quantitative estimate of drug-likeness (QED) is 0.528. The van der Waals surface area contributed by atoms with Crippen LogP contribution < -0.4 is 14.8 Å². The van der Waals surface area contributed by atoms with Gasteiger partial charge >= 0.3 is 6.09 Å². The van der Waals surface area contributed by atoms with E-state index in [4.69, 9.17) is 14.2 Å². The second-order valence-electron chi connectivity index (χ2n) is 7.46. The first-order chi connectivity index (χ1) is 15.1. The average molecular weight is 423 g/mol. The molecule has 2 unspecified atom stereocenters. The van der Waals surface area contributed by atoms with Gasteiger partial charge in [-0.1, -0.05) is 18.2 Å². The Morgan fingerprint density at radius 1 is 1.23 bits per heavy atom. The van der Waals surface area contributed by atoms with Gasteiger partial charge in [0.25, 0.3) is 0 Å². The highest BCUT2D eigenvalue weighted by Crippen LogP contribution is 2.34. The van der Waals surface area contributed by atoms with Gasteiger partial charge in [-0.3, -0.25) is 10.4 Å². The summed E-state index contributed by atoms with van der Waals surface area (Å²) in [5.74, 6) is 1.22. The second kappa shape index (κ2) is 9.53. The van der Waals surface area contributed by atoms with Crippen molar-refractivity contribution in [1.29, 1.82) is 0 Å². The summed E-state index contributed by atoms with van der Waals surface area (Å²) in [6.45, 7) is 0.112. The van der Waals surface area contributed by atoms with Crippen molar-refractivity contribution < 1.29 is 24.1 Å². The van der Waals surface area contributed by atoms with Crippen LogP contribution in [0.5, 0.6) is 11.5 Å². The van der Waals surface area contributed by atoms with E-state index in [1.165, 1.54) is 0 Å². The normalized spacial score (nSPS) is 17.9. The van der Waals surface area contributed by atoms with Crippen molar-refractivity contribution >= 4 is 11.8 Å². The van der Waals surface area contributed by atoms with Crippen molar-refractivity contribution in [1.82, 2.24) is 10.2 Å². The second-order valence-corrected chi connectivity index (χ2v) is 7.46. The van der Waals surface area contributed by atoms with Crippen LogP contribution in [0.3, 0.4) is 0 Å². The Morgan fingerprint density at radius 2 is 2.13 bits per heavy atom. The first-order valence-corrected chi connectivity index (χ1v) is 10.2. The maximum atomic E-state index is 12.4. The number of aliphatic hydroxyl groups is 1. The number of carbonyl (C=O) groups excluding carboxylic acids is 1. The van der Waals surface area contributed by atoms with Crippen LogP contribution in [-0.4, -0.2) is 40.7 Å². The van der Waals surface area contributed by atoms with Crippen LogP contribution >= 0.6 is 0 Å². The number of H-pyrrole nitrogens is 1. The number of nitrogens with one attached hydrogen (secondary N) is 2. The Hall–Kier alpha value is -3.52. The lowest BCUT2D eigenvalue weighted by molar-refractivity contribution is 0.148. The highest BCUT2D eigenvalue weighted by atomic mass is 16.5. The number of ether oxygens (including phenoxy) is 3. The molecule has 1 aliphatic carbocycles. The highest BCUT2D eigenvalue weighted by Gasteiger charge is 2.25. The van der Waals surface area contributed by atoms with E-state index >= 15 is 0 Å². The standard InChI is InChI=1S/C23H25N3O5/c1-29-19-4-2-3-15(9-19)14-30-23(28)26-21-8-5-16(17-12-24-25-13-17)10-22(21)31-20-7-6-18(27)11-20/h2-5,8-10,12-13,18,20,27H,6-7,11,14H2,1H3,(H,24,25)(H,26,28). The first-order valence-electron chi connectivity index (χ1n) is 10.2. The predicted molar refractivity (Wildman–Crippen MR) is 115 cm³/mol. The van der Waals surface area contributed by atoms with Crippen LogP contribution in [0, 0.1) is 0 Å².